The van der Waals surface area contributed by atoms with Crippen molar-refractivity contribution in [1.82, 2.24) is 0 Å². The number of nitrogens with one attached hydrogen (secondary N) is 1. The highest BCUT2D eigenvalue weighted by Crippen LogP contribution is 2.29. The third-order valence-electron chi connectivity index (χ3n) is 3.98. The minimum absolute atomic E-state index is 0.0896. The van der Waals surface area contributed by atoms with Gasteiger partial charge >= 0.3 is 5.97 Å². The molecule has 0 atom stereocenters. The van der Waals surface area contributed by atoms with Crippen LogP contribution in [0.15, 0.2) is 83.8 Å². The molecule has 0 heterocycles. The van der Waals surface area contributed by atoms with Gasteiger partial charge in [-0.05, 0) is 48.5 Å². The lowest BCUT2D eigenvalue weighted by Crippen LogP contribution is -2.21. The largest absolute Gasteiger partial charge is 0.455 e. The van der Waals surface area contributed by atoms with E-state index >= 15 is 0 Å². The highest BCUT2D eigenvalue weighted by Gasteiger charge is 2.14. The Morgan fingerprint density at radius 2 is 1.50 bits per heavy atom. The van der Waals surface area contributed by atoms with Gasteiger partial charge in [-0.1, -0.05) is 30.3 Å². The minimum atomic E-state index is -3.36. The predicted octanol–water partition coefficient (Wildman–Crippen LogP) is 3.68. The summed E-state index contributed by atoms with van der Waals surface area (Å²) >= 11 is 0. The fraction of sp³-hybridized carbons (Fsp3) is 0.0909. The lowest BCUT2D eigenvalue weighted by atomic mass is 10.2. The summed E-state index contributed by atoms with van der Waals surface area (Å²) in [5.74, 6) is -0.220. The third kappa shape index (κ3) is 5.68. The first-order valence-electron chi connectivity index (χ1n) is 8.92. The molecule has 1 amide bonds. The lowest BCUT2D eigenvalue weighted by Gasteiger charge is -2.12. The second-order valence-corrected chi connectivity index (χ2v) is 8.35. The van der Waals surface area contributed by atoms with Crippen LogP contribution in [0.2, 0.25) is 0 Å². The number of hydrogen-bond donors (Lipinski definition) is 1. The van der Waals surface area contributed by atoms with Gasteiger partial charge in [-0.3, -0.25) is 4.79 Å². The molecule has 0 aliphatic heterocycles. The van der Waals surface area contributed by atoms with Gasteiger partial charge < -0.3 is 14.8 Å². The summed E-state index contributed by atoms with van der Waals surface area (Å²) in [6.45, 7) is -0.508. The molecule has 7 nitrogen and oxygen atoms in total. The first-order chi connectivity index (χ1) is 14.3. The van der Waals surface area contributed by atoms with Crippen LogP contribution in [0, 0.1) is 0 Å². The van der Waals surface area contributed by atoms with Gasteiger partial charge in [0.05, 0.1) is 16.1 Å². The maximum atomic E-state index is 12.2. The van der Waals surface area contributed by atoms with Crippen molar-refractivity contribution in [3.8, 4) is 11.5 Å². The van der Waals surface area contributed by atoms with Crippen molar-refractivity contribution in [2.45, 2.75) is 4.90 Å². The number of benzene rings is 3. The number of esters is 1. The second kappa shape index (κ2) is 9.23. The summed E-state index contributed by atoms with van der Waals surface area (Å²) in [4.78, 5) is 24.4. The average Bonchev–Trinajstić information content (AvgIpc) is 2.74. The van der Waals surface area contributed by atoms with E-state index < -0.39 is 28.3 Å². The van der Waals surface area contributed by atoms with Crippen molar-refractivity contribution in [1.29, 1.82) is 0 Å². The molecule has 0 aliphatic carbocycles. The van der Waals surface area contributed by atoms with E-state index in [0.717, 1.165) is 6.26 Å². The van der Waals surface area contributed by atoms with Crippen molar-refractivity contribution in [2.24, 2.45) is 0 Å². The topological polar surface area (TPSA) is 98.8 Å². The van der Waals surface area contributed by atoms with Gasteiger partial charge in [-0.15, -0.1) is 0 Å². The van der Waals surface area contributed by atoms with Crippen LogP contribution in [0.4, 0.5) is 5.69 Å². The van der Waals surface area contributed by atoms with Gasteiger partial charge in [0.25, 0.3) is 5.91 Å². The van der Waals surface area contributed by atoms with Gasteiger partial charge in [0, 0.05) is 6.26 Å². The Morgan fingerprint density at radius 3 is 2.17 bits per heavy atom. The summed E-state index contributed by atoms with van der Waals surface area (Å²) in [6, 6.07) is 21.3. The molecule has 0 unspecified atom stereocenters. The van der Waals surface area contributed by atoms with Gasteiger partial charge in [-0.25, -0.2) is 13.2 Å². The van der Waals surface area contributed by atoms with E-state index in [1.165, 1.54) is 24.3 Å². The molecule has 0 radical (unpaired) electrons. The Balaban J connectivity index is 1.59. The molecule has 0 aliphatic rings. The fourth-order valence-electron chi connectivity index (χ4n) is 2.51. The smallest absolute Gasteiger partial charge is 0.338 e. The van der Waals surface area contributed by atoms with Crippen LogP contribution in [0.1, 0.15) is 10.4 Å². The average molecular weight is 425 g/mol. The quantitative estimate of drug-likeness (QED) is 0.580. The van der Waals surface area contributed by atoms with Crippen LogP contribution in [-0.2, 0) is 19.4 Å². The number of carbonyl (C=O) groups is 2. The second-order valence-electron chi connectivity index (χ2n) is 6.33. The molecule has 3 rings (SSSR count). The molecule has 0 bridgehead atoms. The maximum Gasteiger partial charge on any atom is 0.338 e. The minimum Gasteiger partial charge on any atom is -0.455 e. The van der Waals surface area contributed by atoms with E-state index in [1.807, 2.05) is 18.2 Å². The molecule has 0 aromatic heterocycles. The lowest BCUT2D eigenvalue weighted by molar-refractivity contribution is -0.119. The van der Waals surface area contributed by atoms with E-state index in [4.69, 9.17) is 9.47 Å². The zero-order valence-electron chi connectivity index (χ0n) is 16.1. The summed E-state index contributed by atoms with van der Waals surface area (Å²) < 4.78 is 33.7. The van der Waals surface area contributed by atoms with Crippen molar-refractivity contribution in [2.75, 3.05) is 18.2 Å². The molecule has 154 valence electrons. The number of rotatable bonds is 7. The van der Waals surface area contributed by atoms with Crippen LogP contribution in [0.25, 0.3) is 0 Å². The molecule has 0 fully saturated rings. The molecule has 0 saturated carbocycles. The normalized spacial score (nSPS) is 10.8. The van der Waals surface area contributed by atoms with Crippen molar-refractivity contribution < 1.29 is 27.5 Å². The van der Waals surface area contributed by atoms with Gasteiger partial charge in [0.2, 0.25) is 0 Å². The van der Waals surface area contributed by atoms with Crippen LogP contribution in [0.5, 0.6) is 11.5 Å². The van der Waals surface area contributed by atoms with E-state index in [0.29, 0.717) is 17.2 Å². The Bertz CT molecular complexity index is 1140. The molecule has 30 heavy (non-hydrogen) atoms. The van der Waals surface area contributed by atoms with Gasteiger partial charge in [0.15, 0.2) is 22.2 Å². The van der Waals surface area contributed by atoms with Gasteiger partial charge in [-0.2, -0.15) is 0 Å². The zero-order valence-corrected chi connectivity index (χ0v) is 16.9. The van der Waals surface area contributed by atoms with Gasteiger partial charge in [0.1, 0.15) is 5.75 Å². The molecule has 3 aromatic carbocycles. The Hall–Kier alpha value is -3.65. The Labute approximate surface area is 174 Å². The number of anilines is 1. The van der Waals surface area contributed by atoms with Crippen LogP contribution < -0.4 is 10.1 Å². The Kier molecular flexibility index (Phi) is 6.48. The summed E-state index contributed by atoms with van der Waals surface area (Å²) in [6.07, 6.45) is 1.07. The summed E-state index contributed by atoms with van der Waals surface area (Å²) in [5, 5.41) is 2.65. The van der Waals surface area contributed by atoms with E-state index in [2.05, 4.69) is 5.32 Å². The predicted molar refractivity (Wildman–Crippen MR) is 111 cm³/mol. The van der Waals surface area contributed by atoms with Crippen LogP contribution >= 0.6 is 0 Å². The number of hydrogen-bond acceptors (Lipinski definition) is 6. The molecular formula is C22H19NO6S. The number of amides is 1. The highest BCUT2D eigenvalue weighted by molar-refractivity contribution is 7.90. The third-order valence-corrected chi connectivity index (χ3v) is 5.11. The standard InChI is InChI=1S/C22H19NO6S/c1-30(26,27)18-13-11-16(12-14-18)22(25)28-15-21(24)23-19-9-5-6-10-20(19)29-17-7-3-2-4-8-17/h2-14H,15H2,1H3,(H,23,24). The highest BCUT2D eigenvalue weighted by atomic mass is 32.2. The van der Waals surface area contributed by atoms with E-state index in [9.17, 15) is 18.0 Å². The number of para-hydroxylation sites is 3. The van der Waals surface area contributed by atoms with Crippen molar-refractivity contribution in [3.63, 3.8) is 0 Å². The number of carbonyl (C=O) groups excluding carboxylic acids is 2. The monoisotopic (exact) mass is 425 g/mol. The molecule has 0 saturated heterocycles. The number of ether oxygens (including phenoxy) is 2. The van der Waals surface area contributed by atoms with E-state index in [1.54, 1.807) is 36.4 Å². The van der Waals surface area contributed by atoms with E-state index in [-0.39, 0.29) is 10.5 Å². The molecule has 3 aromatic rings. The summed E-state index contributed by atoms with van der Waals surface area (Å²) in [7, 11) is -3.36. The summed E-state index contributed by atoms with van der Waals surface area (Å²) in [5.41, 5.74) is 0.572. The zero-order chi connectivity index (χ0) is 21.6. The fourth-order valence-corrected chi connectivity index (χ4v) is 3.14. The first-order valence-corrected chi connectivity index (χ1v) is 10.8. The van der Waals surface area contributed by atoms with Crippen LogP contribution in [0.3, 0.4) is 0 Å². The Morgan fingerprint density at radius 1 is 0.867 bits per heavy atom. The maximum absolute atomic E-state index is 12.2. The van der Waals surface area contributed by atoms with Crippen LogP contribution in [-0.4, -0.2) is 33.2 Å². The van der Waals surface area contributed by atoms with Crippen molar-refractivity contribution >= 4 is 27.4 Å². The molecule has 0 spiro atoms. The molecular weight excluding hydrogens is 406 g/mol. The van der Waals surface area contributed by atoms with Crippen molar-refractivity contribution in [3.05, 3.63) is 84.4 Å². The number of sulfone groups is 1. The molecule has 1 N–H and O–H groups in total. The molecule has 8 heteroatoms. The SMILES string of the molecule is CS(=O)(=O)c1ccc(C(=O)OCC(=O)Nc2ccccc2Oc2ccccc2)cc1. The first kappa shape index (κ1) is 21.1.